The van der Waals surface area contributed by atoms with Gasteiger partial charge in [-0.1, -0.05) is 42.5 Å². The van der Waals surface area contributed by atoms with Gasteiger partial charge in [0.2, 0.25) is 0 Å². The van der Waals surface area contributed by atoms with E-state index < -0.39 is 5.91 Å². The largest absolute Gasteiger partial charge is 0.484 e. The van der Waals surface area contributed by atoms with Crippen LogP contribution in [0, 0.1) is 0 Å². The van der Waals surface area contributed by atoms with Crippen LogP contribution in [-0.2, 0) is 17.8 Å². The first-order valence-electron chi connectivity index (χ1n) is 10.9. The van der Waals surface area contributed by atoms with E-state index in [0.29, 0.717) is 11.8 Å². The van der Waals surface area contributed by atoms with Crippen molar-refractivity contribution in [3.05, 3.63) is 65.7 Å². The van der Waals surface area contributed by atoms with Crippen molar-refractivity contribution in [2.75, 3.05) is 33.3 Å². The molecule has 0 bridgehead atoms. The van der Waals surface area contributed by atoms with Crippen molar-refractivity contribution in [3.8, 4) is 5.75 Å². The molecule has 31 heavy (non-hydrogen) atoms. The Bertz CT molecular complexity index is 839. The molecule has 1 heterocycles. The molecule has 1 atom stereocenters. The molecule has 0 aromatic heterocycles. The highest BCUT2D eigenvalue weighted by Crippen LogP contribution is 2.19. The van der Waals surface area contributed by atoms with Crippen LogP contribution in [0.2, 0.25) is 0 Å². The van der Waals surface area contributed by atoms with Crippen LogP contribution >= 0.6 is 0 Å². The minimum atomic E-state index is -0.479. The van der Waals surface area contributed by atoms with E-state index in [1.54, 1.807) is 7.05 Å². The average molecular weight is 424 g/mol. The van der Waals surface area contributed by atoms with Gasteiger partial charge in [0.05, 0.1) is 0 Å². The smallest absolute Gasteiger partial charge is 0.255 e. The second kappa shape index (κ2) is 12.0. The quantitative estimate of drug-likeness (QED) is 0.401. The normalized spacial score (nSPS) is 16.8. The number of carbonyl (C=O) groups excluding carboxylic acids is 1. The summed E-state index contributed by atoms with van der Waals surface area (Å²) in [4.78, 5) is 17.7. The molecule has 1 fully saturated rings. The third-order valence-electron chi connectivity index (χ3n) is 5.47. The van der Waals surface area contributed by atoms with E-state index in [-0.39, 0.29) is 6.61 Å². The van der Waals surface area contributed by atoms with Gasteiger partial charge in [0.1, 0.15) is 5.75 Å². The van der Waals surface area contributed by atoms with Crippen molar-refractivity contribution in [3.63, 3.8) is 0 Å². The van der Waals surface area contributed by atoms with Crippen molar-refractivity contribution < 1.29 is 9.53 Å². The van der Waals surface area contributed by atoms with Gasteiger partial charge in [0, 0.05) is 32.7 Å². The number of hydrogen-bond acceptors (Lipinski definition) is 4. The third kappa shape index (κ3) is 7.61. The molecule has 166 valence electrons. The number of likely N-dealkylation sites (tertiary alicyclic amines) is 1. The number of nitrogens with zero attached hydrogens (tertiary/aromatic N) is 2. The zero-order valence-corrected chi connectivity index (χ0v) is 18.2. The van der Waals surface area contributed by atoms with Gasteiger partial charge in [-0.15, -0.1) is 0 Å². The molecular formula is C24H33N5O2. The molecular weight excluding hydrogens is 390 g/mol. The summed E-state index contributed by atoms with van der Waals surface area (Å²) in [7, 11) is 1.80. The molecule has 7 heteroatoms. The number of rotatable bonds is 10. The molecule has 3 rings (SSSR count). The summed E-state index contributed by atoms with van der Waals surface area (Å²) in [5.74, 6) is 0.991. The highest BCUT2D eigenvalue weighted by molar-refractivity contribution is 5.79. The minimum absolute atomic E-state index is 0.104. The second-order valence-corrected chi connectivity index (χ2v) is 7.78. The number of nitrogens with two attached hydrogens (primary N) is 1. The molecule has 1 aliphatic heterocycles. The summed E-state index contributed by atoms with van der Waals surface area (Å²) in [5.41, 5.74) is 7.64. The predicted octanol–water partition coefficient (Wildman–Crippen LogP) is 1.92. The summed E-state index contributed by atoms with van der Waals surface area (Å²) < 4.78 is 5.29. The SMILES string of the molecule is CN=C(NCCc1ccc(OCC(N)=O)cc1)NCC1CCCN1Cc1ccccc1. The maximum absolute atomic E-state index is 10.8. The summed E-state index contributed by atoms with van der Waals surface area (Å²) in [6.45, 7) is 3.70. The van der Waals surface area contributed by atoms with E-state index >= 15 is 0 Å². The Labute approximate surface area is 184 Å². The number of benzene rings is 2. The van der Waals surface area contributed by atoms with Gasteiger partial charge in [-0.3, -0.25) is 14.7 Å². The summed E-state index contributed by atoms with van der Waals surface area (Å²) in [6, 6.07) is 18.9. The highest BCUT2D eigenvalue weighted by Gasteiger charge is 2.24. The van der Waals surface area contributed by atoms with Crippen LogP contribution in [0.1, 0.15) is 24.0 Å². The molecule has 7 nitrogen and oxygen atoms in total. The number of ether oxygens (including phenoxy) is 1. The molecule has 4 N–H and O–H groups in total. The van der Waals surface area contributed by atoms with Gasteiger partial charge in [-0.25, -0.2) is 0 Å². The molecule has 0 aliphatic carbocycles. The maximum atomic E-state index is 10.8. The van der Waals surface area contributed by atoms with Gasteiger partial charge in [-0.2, -0.15) is 0 Å². The van der Waals surface area contributed by atoms with Gasteiger partial charge in [0.15, 0.2) is 12.6 Å². The predicted molar refractivity (Wildman–Crippen MR) is 124 cm³/mol. The number of carbonyl (C=O) groups is 1. The van der Waals surface area contributed by atoms with Crippen molar-refractivity contribution in [1.29, 1.82) is 0 Å². The monoisotopic (exact) mass is 423 g/mol. The fourth-order valence-corrected chi connectivity index (χ4v) is 3.82. The van der Waals surface area contributed by atoms with Crippen LogP contribution < -0.4 is 21.1 Å². The summed E-state index contributed by atoms with van der Waals surface area (Å²) in [6.07, 6.45) is 3.31. The highest BCUT2D eigenvalue weighted by atomic mass is 16.5. The van der Waals surface area contributed by atoms with E-state index in [1.165, 1.54) is 24.0 Å². The number of nitrogens with one attached hydrogen (secondary N) is 2. The Morgan fingerprint density at radius 1 is 1.13 bits per heavy atom. The lowest BCUT2D eigenvalue weighted by atomic mass is 10.1. The minimum Gasteiger partial charge on any atom is -0.484 e. The molecule has 0 radical (unpaired) electrons. The number of hydrogen-bond donors (Lipinski definition) is 3. The van der Waals surface area contributed by atoms with Gasteiger partial charge in [0.25, 0.3) is 5.91 Å². The Balaban J connectivity index is 1.39. The fourth-order valence-electron chi connectivity index (χ4n) is 3.82. The molecule has 2 aromatic rings. The van der Waals surface area contributed by atoms with E-state index in [9.17, 15) is 4.79 Å². The Morgan fingerprint density at radius 3 is 2.61 bits per heavy atom. The average Bonchev–Trinajstić information content (AvgIpc) is 3.23. The van der Waals surface area contributed by atoms with Gasteiger partial charge < -0.3 is 21.1 Å². The molecule has 0 saturated carbocycles. The molecule has 1 unspecified atom stereocenters. The van der Waals surface area contributed by atoms with Crippen LogP contribution in [0.4, 0.5) is 0 Å². The van der Waals surface area contributed by atoms with Gasteiger partial charge >= 0.3 is 0 Å². The molecule has 2 aromatic carbocycles. The lowest BCUT2D eigenvalue weighted by Crippen LogP contribution is -2.45. The zero-order valence-electron chi connectivity index (χ0n) is 18.2. The van der Waals surface area contributed by atoms with E-state index in [4.69, 9.17) is 10.5 Å². The first-order chi connectivity index (χ1) is 15.1. The number of primary amides is 1. The number of aliphatic imine (C=N–C) groups is 1. The first kappa shape index (κ1) is 22.6. The molecule has 1 saturated heterocycles. The maximum Gasteiger partial charge on any atom is 0.255 e. The van der Waals surface area contributed by atoms with Crippen molar-refractivity contribution >= 4 is 11.9 Å². The van der Waals surface area contributed by atoms with Crippen molar-refractivity contribution in [1.82, 2.24) is 15.5 Å². The number of amides is 1. The fraction of sp³-hybridized carbons (Fsp3) is 0.417. The van der Waals surface area contributed by atoms with E-state index in [0.717, 1.165) is 38.6 Å². The van der Waals surface area contributed by atoms with Crippen molar-refractivity contribution in [2.45, 2.75) is 31.8 Å². The third-order valence-corrected chi connectivity index (χ3v) is 5.47. The zero-order chi connectivity index (χ0) is 21.9. The van der Waals surface area contributed by atoms with Crippen LogP contribution in [0.25, 0.3) is 0 Å². The Hall–Kier alpha value is -3.06. The molecule has 0 spiro atoms. The van der Waals surface area contributed by atoms with Crippen molar-refractivity contribution in [2.24, 2.45) is 10.7 Å². The van der Waals surface area contributed by atoms with Crippen LogP contribution in [0.15, 0.2) is 59.6 Å². The standard InChI is InChI=1S/C24H33N5O2/c1-26-24(27-14-13-19-9-11-22(12-10-19)31-18-23(25)30)28-16-21-8-5-15-29(21)17-20-6-3-2-4-7-20/h2-4,6-7,9-12,21H,5,8,13-18H2,1H3,(H2,25,30)(H2,26,27,28). The summed E-state index contributed by atoms with van der Waals surface area (Å²) >= 11 is 0. The summed E-state index contributed by atoms with van der Waals surface area (Å²) in [5, 5.41) is 6.87. The van der Waals surface area contributed by atoms with Crippen LogP contribution in [0.3, 0.4) is 0 Å². The van der Waals surface area contributed by atoms with Crippen LogP contribution in [0.5, 0.6) is 5.75 Å². The first-order valence-corrected chi connectivity index (χ1v) is 10.9. The van der Waals surface area contributed by atoms with E-state index in [1.807, 2.05) is 24.3 Å². The molecule has 1 amide bonds. The van der Waals surface area contributed by atoms with Crippen LogP contribution in [-0.4, -0.2) is 56.1 Å². The number of guanidine groups is 1. The Kier molecular flexibility index (Phi) is 8.72. The second-order valence-electron chi connectivity index (χ2n) is 7.78. The Morgan fingerprint density at radius 2 is 1.90 bits per heavy atom. The topological polar surface area (TPSA) is 92.0 Å². The lowest BCUT2D eigenvalue weighted by Gasteiger charge is -2.25. The van der Waals surface area contributed by atoms with Gasteiger partial charge in [-0.05, 0) is 49.1 Å². The lowest BCUT2D eigenvalue weighted by molar-refractivity contribution is -0.119. The van der Waals surface area contributed by atoms with E-state index in [2.05, 4.69) is 50.9 Å². The molecule has 1 aliphatic rings.